The number of carbonyl (C=O) groups excluding carboxylic acids is 2. The summed E-state index contributed by atoms with van der Waals surface area (Å²) in [5, 5.41) is 0. The van der Waals surface area contributed by atoms with E-state index in [4.69, 9.17) is 4.74 Å². The van der Waals surface area contributed by atoms with E-state index in [0.29, 0.717) is 11.8 Å². The van der Waals surface area contributed by atoms with Crippen LogP contribution in [0.5, 0.6) is 0 Å². The van der Waals surface area contributed by atoms with Gasteiger partial charge in [-0.1, -0.05) is 31.9 Å². The van der Waals surface area contributed by atoms with Gasteiger partial charge in [0.05, 0.1) is 5.92 Å². The van der Waals surface area contributed by atoms with Crippen molar-refractivity contribution in [1.29, 1.82) is 0 Å². The number of allylic oxidation sites excluding steroid dienone is 5. The zero-order chi connectivity index (χ0) is 21.8. The van der Waals surface area contributed by atoms with Crippen molar-refractivity contribution in [1.82, 2.24) is 0 Å². The van der Waals surface area contributed by atoms with E-state index in [9.17, 15) is 9.59 Å². The smallest absolute Gasteiger partial charge is 0.317 e. The first-order valence-electron chi connectivity index (χ1n) is 11.9. The molecule has 4 aliphatic carbocycles. The Bertz CT molecular complexity index is 853. The van der Waals surface area contributed by atoms with Crippen molar-refractivity contribution in [2.45, 2.75) is 86.5 Å². The Balaban J connectivity index is 1.62. The third-order valence-electron chi connectivity index (χ3n) is 8.72. The summed E-state index contributed by atoms with van der Waals surface area (Å²) < 4.78 is 6.10. The van der Waals surface area contributed by atoms with E-state index < -0.39 is 5.92 Å². The molecule has 0 aromatic rings. The van der Waals surface area contributed by atoms with Crippen LogP contribution < -0.4 is 0 Å². The molecule has 30 heavy (non-hydrogen) atoms. The van der Waals surface area contributed by atoms with Gasteiger partial charge in [-0.15, -0.1) is 0 Å². The summed E-state index contributed by atoms with van der Waals surface area (Å²) in [7, 11) is 0. The van der Waals surface area contributed by atoms with Gasteiger partial charge in [-0.05, 0) is 99.7 Å². The van der Waals surface area contributed by atoms with Gasteiger partial charge in [0, 0.05) is 12.3 Å². The fourth-order valence-electron chi connectivity index (χ4n) is 7.14. The molecule has 4 aliphatic rings. The molecule has 0 aromatic heterocycles. The minimum Gasteiger partial charge on any atom is -0.431 e. The van der Waals surface area contributed by atoms with Crippen molar-refractivity contribution < 1.29 is 14.3 Å². The molecule has 0 spiro atoms. The minimum absolute atomic E-state index is 0.0187. The SMILES string of the molecule is CC(=O)C(C)=C(C(C)C(=O)OC1=C2CC(C1)C1CCCC21)C1C(C)=CCCC1(C)C. The second kappa shape index (κ2) is 7.80. The van der Waals surface area contributed by atoms with Gasteiger partial charge >= 0.3 is 5.97 Å². The number of ether oxygens (including phenoxy) is 1. The lowest BCUT2D eigenvalue weighted by Gasteiger charge is -2.42. The highest BCUT2D eigenvalue weighted by atomic mass is 16.5. The number of esters is 1. The van der Waals surface area contributed by atoms with E-state index in [2.05, 4.69) is 26.8 Å². The van der Waals surface area contributed by atoms with E-state index in [0.717, 1.165) is 48.5 Å². The maximum atomic E-state index is 13.4. The quantitative estimate of drug-likeness (QED) is 0.293. The molecule has 2 bridgehead atoms. The van der Waals surface area contributed by atoms with Gasteiger partial charge in [0.2, 0.25) is 0 Å². The van der Waals surface area contributed by atoms with Crippen LogP contribution in [0.15, 0.2) is 34.1 Å². The van der Waals surface area contributed by atoms with Crippen molar-refractivity contribution in [3.05, 3.63) is 34.1 Å². The molecule has 0 saturated heterocycles. The van der Waals surface area contributed by atoms with Crippen LogP contribution >= 0.6 is 0 Å². The summed E-state index contributed by atoms with van der Waals surface area (Å²) in [4.78, 5) is 25.8. The predicted molar refractivity (Wildman–Crippen MR) is 119 cm³/mol. The van der Waals surface area contributed by atoms with Crippen molar-refractivity contribution in [3.8, 4) is 0 Å². The Labute approximate surface area is 182 Å². The molecule has 0 radical (unpaired) electrons. The zero-order valence-corrected chi connectivity index (χ0v) is 19.6. The van der Waals surface area contributed by atoms with Gasteiger partial charge in [0.15, 0.2) is 5.78 Å². The molecular weight excluding hydrogens is 372 g/mol. The monoisotopic (exact) mass is 410 g/mol. The predicted octanol–water partition coefficient (Wildman–Crippen LogP) is 6.55. The zero-order valence-electron chi connectivity index (χ0n) is 19.6. The summed E-state index contributed by atoms with van der Waals surface area (Å²) in [5.74, 6) is 2.74. The van der Waals surface area contributed by atoms with Gasteiger partial charge in [0.25, 0.3) is 0 Å². The highest BCUT2D eigenvalue weighted by molar-refractivity contribution is 5.95. The summed E-state index contributed by atoms with van der Waals surface area (Å²) >= 11 is 0. The Morgan fingerprint density at radius 1 is 1.17 bits per heavy atom. The van der Waals surface area contributed by atoms with Crippen molar-refractivity contribution >= 4 is 11.8 Å². The first kappa shape index (κ1) is 21.6. The van der Waals surface area contributed by atoms with Crippen LogP contribution in [0, 0.1) is 35.0 Å². The van der Waals surface area contributed by atoms with Crippen molar-refractivity contribution in [3.63, 3.8) is 0 Å². The standard InChI is InChI=1S/C27H38O3/c1-15-9-8-12-27(5,6)25(15)24(16(2)18(4)28)17(3)26(29)30-23-14-19-13-22(23)21-11-7-10-20(19)21/h9,17,19-21,25H,7-8,10-14H2,1-6H3. The Morgan fingerprint density at radius 3 is 2.57 bits per heavy atom. The molecule has 0 N–H and O–H groups in total. The van der Waals surface area contributed by atoms with E-state index in [-0.39, 0.29) is 23.1 Å². The van der Waals surface area contributed by atoms with Crippen LogP contribution in [-0.2, 0) is 14.3 Å². The molecule has 4 rings (SSSR count). The molecule has 0 heterocycles. The average Bonchev–Trinajstić information content (AvgIpc) is 3.36. The molecule has 0 aliphatic heterocycles. The maximum absolute atomic E-state index is 13.4. The fraction of sp³-hybridized carbons (Fsp3) is 0.704. The highest BCUT2D eigenvalue weighted by Gasteiger charge is 2.49. The highest BCUT2D eigenvalue weighted by Crippen LogP contribution is 2.58. The lowest BCUT2D eigenvalue weighted by Crippen LogP contribution is -2.35. The summed E-state index contributed by atoms with van der Waals surface area (Å²) in [6.07, 6.45) is 10.4. The van der Waals surface area contributed by atoms with Crippen LogP contribution in [0.3, 0.4) is 0 Å². The third-order valence-corrected chi connectivity index (χ3v) is 8.72. The molecule has 3 heteroatoms. The van der Waals surface area contributed by atoms with Crippen LogP contribution in [0.25, 0.3) is 0 Å². The number of hydrogen-bond acceptors (Lipinski definition) is 3. The van der Waals surface area contributed by atoms with Crippen LogP contribution in [0.2, 0.25) is 0 Å². The maximum Gasteiger partial charge on any atom is 0.317 e. The molecule has 2 fully saturated rings. The average molecular weight is 411 g/mol. The number of rotatable bonds is 5. The second-order valence-electron chi connectivity index (χ2n) is 11.0. The van der Waals surface area contributed by atoms with Gasteiger partial charge in [0.1, 0.15) is 5.76 Å². The first-order chi connectivity index (χ1) is 14.1. The van der Waals surface area contributed by atoms with E-state index in [1.807, 2.05) is 13.8 Å². The fourth-order valence-corrected chi connectivity index (χ4v) is 7.14. The normalized spacial score (nSPS) is 33.7. The number of fused-ring (bicyclic) bond motifs is 5. The van der Waals surface area contributed by atoms with Gasteiger partial charge in [-0.3, -0.25) is 9.59 Å². The second-order valence-corrected chi connectivity index (χ2v) is 11.0. The topological polar surface area (TPSA) is 43.4 Å². The van der Waals surface area contributed by atoms with Gasteiger partial charge in [-0.25, -0.2) is 0 Å². The number of carbonyl (C=O) groups is 2. The largest absolute Gasteiger partial charge is 0.431 e. The molecule has 5 unspecified atom stereocenters. The summed E-state index contributed by atoms with van der Waals surface area (Å²) in [6, 6.07) is 0. The first-order valence-corrected chi connectivity index (χ1v) is 11.9. The van der Waals surface area contributed by atoms with Crippen LogP contribution in [-0.4, -0.2) is 11.8 Å². The molecule has 3 nitrogen and oxygen atoms in total. The van der Waals surface area contributed by atoms with Crippen molar-refractivity contribution in [2.24, 2.45) is 35.0 Å². The lowest BCUT2D eigenvalue weighted by atomic mass is 9.62. The lowest BCUT2D eigenvalue weighted by molar-refractivity contribution is -0.143. The van der Waals surface area contributed by atoms with Crippen molar-refractivity contribution in [2.75, 3.05) is 0 Å². The van der Waals surface area contributed by atoms with Crippen LogP contribution in [0.4, 0.5) is 0 Å². The summed E-state index contributed by atoms with van der Waals surface area (Å²) in [5.41, 5.74) is 4.43. The minimum atomic E-state index is -0.411. The number of ketones is 1. The van der Waals surface area contributed by atoms with Crippen LogP contribution in [0.1, 0.15) is 86.5 Å². The molecule has 2 saturated carbocycles. The molecule has 164 valence electrons. The molecule has 5 atom stereocenters. The van der Waals surface area contributed by atoms with E-state index in [1.54, 1.807) is 6.92 Å². The Kier molecular flexibility index (Phi) is 5.61. The molecule has 0 aromatic carbocycles. The Morgan fingerprint density at radius 2 is 1.90 bits per heavy atom. The van der Waals surface area contributed by atoms with E-state index in [1.165, 1.54) is 30.4 Å². The van der Waals surface area contributed by atoms with Gasteiger partial charge < -0.3 is 4.74 Å². The number of hydrogen-bond donors (Lipinski definition) is 0. The molecular formula is C27H38O3. The van der Waals surface area contributed by atoms with Gasteiger partial charge in [-0.2, -0.15) is 0 Å². The third kappa shape index (κ3) is 3.52. The molecule has 0 amide bonds. The van der Waals surface area contributed by atoms with E-state index >= 15 is 0 Å². The number of Topliss-reactive ketones (excluding diaryl/α,β-unsaturated/α-hetero) is 1. The summed E-state index contributed by atoms with van der Waals surface area (Å²) in [6.45, 7) is 12.1. The Hall–Kier alpha value is -1.64.